The summed E-state index contributed by atoms with van der Waals surface area (Å²) in [5.74, 6) is 0.843. The van der Waals surface area contributed by atoms with Crippen LogP contribution in [0.15, 0.2) is 18.2 Å². The first-order valence-electron chi connectivity index (χ1n) is 7.02. The van der Waals surface area contributed by atoms with Gasteiger partial charge in [0.1, 0.15) is 11.6 Å². The zero-order chi connectivity index (χ0) is 14.0. The smallest absolute Gasteiger partial charge is 0.133 e. The molecule has 0 heterocycles. The van der Waals surface area contributed by atoms with E-state index >= 15 is 0 Å². The number of methoxy groups -OCH3 is 1. The van der Waals surface area contributed by atoms with Gasteiger partial charge in [0.15, 0.2) is 0 Å². The van der Waals surface area contributed by atoms with E-state index < -0.39 is 5.60 Å². The van der Waals surface area contributed by atoms with E-state index in [1.807, 2.05) is 0 Å². The number of aliphatic hydroxyl groups is 1. The SMILES string of the molecule is COc1cccc(F)c1C(C)(O)C1CCC(C)CC1. The molecule has 0 amide bonds. The van der Waals surface area contributed by atoms with E-state index in [2.05, 4.69) is 6.92 Å². The number of benzene rings is 1. The van der Waals surface area contributed by atoms with Gasteiger partial charge in [0, 0.05) is 0 Å². The molecule has 0 radical (unpaired) electrons. The molecule has 19 heavy (non-hydrogen) atoms. The van der Waals surface area contributed by atoms with Crippen LogP contribution in [0.4, 0.5) is 4.39 Å². The Bertz CT molecular complexity index is 434. The minimum Gasteiger partial charge on any atom is -0.496 e. The lowest BCUT2D eigenvalue weighted by Crippen LogP contribution is -2.35. The topological polar surface area (TPSA) is 29.5 Å². The Labute approximate surface area is 114 Å². The largest absolute Gasteiger partial charge is 0.496 e. The summed E-state index contributed by atoms with van der Waals surface area (Å²) in [4.78, 5) is 0. The Morgan fingerprint density at radius 1 is 1.26 bits per heavy atom. The van der Waals surface area contributed by atoms with Crippen LogP contribution >= 0.6 is 0 Å². The normalized spacial score (nSPS) is 26.8. The van der Waals surface area contributed by atoms with Crippen LogP contribution in [-0.2, 0) is 5.60 Å². The van der Waals surface area contributed by atoms with Crippen molar-refractivity contribution in [2.24, 2.45) is 11.8 Å². The predicted octanol–water partition coefficient (Wildman–Crippen LogP) is 3.87. The number of ether oxygens (including phenoxy) is 1. The van der Waals surface area contributed by atoms with Crippen molar-refractivity contribution in [3.05, 3.63) is 29.6 Å². The Balaban J connectivity index is 2.33. The second-order valence-corrected chi connectivity index (χ2v) is 5.92. The Morgan fingerprint density at radius 3 is 2.47 bits per heavy atom. The molecule has 106 valence electrons. The molecule has 2 nitrogen and oxygen atoms in total. The van der Waals surface area contributed by atoms with E-state index in [-0.39, 0.29) is 11.7 Å². The summed E-state index contributed by atoms with van der Waals surface area (Å²) in [6, 6.07) is 4.70. The second-order valence-electron chi connectivity index (χ2n) is 5.92. The third-order valence-corrected chi connectivity index (χ3v) is 4.51. The van der Waals surface area contributed by atoms with Crippen molar-refractivity contribution in [2.75, 3.05) is 7.11 Å². The molecule has 1 fully saturated rings. The van der Waals surface area contributed by atoms with Gasteiger partial charge in [-0.1, -0.05) is 25.8 Å². The highest BCUT2D eigenvalue weighted by molar-refractivity contribution is 5.39. The second kappa shape index (κ2) is 5.49. The summed E-state index contributed by atoms with van der Waals surface area (Å²) in [6.45, 7) is 3.95. The van der Waals surface area contributed by atoms with E-state index in [1.165, 1.54) is 13.2 Å². The van der Waals surface area contributed by atoms with E-state index in [9.17, 15) is 9.50 Å². The first kappa shape index (κ1) is 14.3. The van der Waals surface area contributed by atoms with Crippen molar-refractivity contribution in [1.29, 1.82) is 0 Å². The summed E-state index contributed by atoms with van der Waals surface area (Å²) in [6.07, 6.45) is 4.06. The van der Waals surface area contributed by atoms with Gasteiger partial charge in [-0.2, -0.15) is 0 Å². The van der Waals surface area contributed by atoms with Gasteiger partial charge in [-0.25, -0.2) is 4.39 Å². The highest BCUT2D eigenvalue weighted by atomic mass is 19.1. The molecule has 1 aliphatic rings. The molecule has 0 aromatic heterocycles. The van der Waals surface area contributed by atoms with Crippen LogP contribution in [0.3, 0.4) is 0 Å². The summed E-state index contributed by atoms with van der Waals surface area (Å²) in [5.41, 5.74) is -0.867. The average Bonchev–Trinajstić information content (AvgIpc) is 2.38. The van der Waals surface area contributed by atoms with Gasteiger partial charge in [0.05, 0.1) is 18.3 Å². The lowest BCUT2D eigenvalue weighted by molar-refractivity contribution is -0.0308. The molecule has 0 saturated heterocycles. The van der Waals surface area contributed by atoms with Gasteiger partial charge in [0.25, 0.3) is 0 Å². The number of rotatable bonds is 3. The molecule has 0 aliphatic heterocycles. The summed E-state index contributed by atoms with van der Waals surface area (Å²) < 4.78 is 19.3. The van der Waals surface area contributed by atoms with Gasteiger partial charge in [-0.05, 0) is 43.7 Å². The van der Waals surface area contributed by atoms with Gasteiger partial charge in [0.2, 0.25) is 0 Å². The number of hydrogen-bond donors (Lipinski definition) is 1. The van der Waals surface area contributed by atoms with Crippen molar-refractivity contribution < 1.29 is 14.2 Å². The molecule has 1 aliphatic carbocycles. The van der Waals surface area contributed by atoms with Crippen LogP contribution in [0, 0.1) is 17.7 Å². The zero-order valence-corrected chi connectivity index (χ0v) is 11.9. The highest BCUT2D eigenvalue weighted by Crippen LogP contribution is 2.44. The summed E-state index contributed by atoms with van der Waals surface area (Å²) in [7, 11) is 1.51. The average molecular weight is 266 g/mol. The first-order valence-corrected chi connectivity index (χ1v) is 7.02. The van der Waals surface area contributed by atoms with Crippen molar-refractivity contribution in [2.45, 2.75) is 45.1 Å². The molecule has 1 aromatic rings. The van der Waals surface area contributed by atoms with Crippen LogP contribution < -0.4 is 4.74 Å². The quantitative estimate of drug-likeness (QED) is 0.900. The molecular weight excluding hydrogens is 243 g/mol. The van der Waals surface area contributed by atoms with Crippen molar-refractivity contribution in [3.8, 4) is 5.75 Å². The molecule has 1 unspecified atom stereocenters. The van der Waals surface area contributed by atoms with Gasteiger partial charge < -0.3 is 9.84 Å². The predicted molar refractivity (Wildman–Crippen MR) is 73.6 cm³/mol. The zero-order valence-electron chi connectivity index (χ0n) is 11.9. The Hall–Kier alpha value is -1.09. The highest BCUT2D eigenvalue weighted by Gasteiger charge is 2.39. The van der Waals surface area contributed by atoms with E-state index in [4.69, 9.17) is 4.74 Å². The third kappa shape index (κ3) is 2.76. The molecule has 0 bridgehead atoms. The van der Waals surface area contributed by atoms with Crippen LogP contribution in [-0.4, -0.2) is 12.2 Å². The van der Waals surface area contributed by atoms with Gasteiger partial charge in [-0.3, -0.25) is 0 Å². The first-order chi connectivity index (χ1) is 8.96. The van der Waals surface area contributed by atoms with E-state index in [0.717, 1.165) is 25.7 Å². The Morgan fingerprint density at radius 2 is 1.89 bits per heavy atom. The molecule has 1 atom stereocenters. The summed E-state index contributed by atoms with van der Waals surface area (Å²) in [5, 5.41) is 10.9. The maximum Gasteiger partial charge on any atom is 0.133 e. The Kier molecular flexibility index (Phi) is 4.14. The maximum absolute atomic E-state index is 14.1. The fraction of sp³-hybridized carbons (Fsp3) is 0.625. The van der Waals surface area contributed by atoms with Crippen molar-refractivity contribution >= 4 is 0 Å². The van der Waals surface area contributed by atoms with Gasteiger partial charge in [-0.15, -0.1) is 0 Å². The molecule has 0 spiro atoms. The minimum absolute atomic E-state index is 0.0921. The fourth-order valence-corrected chi connectivity index (χ4v) is 3.19. The molecule has 1 aromatic carbocycles. The van der Waals surface area contributed by atoms with E-state index in [0.29, 0.717) is 17.2 Å². The lowest BCUT2D eigenvalue weighted by Gasteiger charge is -2.38. The lowest BCUT2D eigenvalue weighted by atomic mass is 9.71. The monoisotopic (exact) mass is 266 g/mol. The molecule has 3 heteroatoms. The van der Waals surface area contributed by atoms with Crippen LogP contribution in [0.2, 0.25) is 0 Å². The van der Waals surface area contributed by atoms with Crippen LogP contribution in [0.1, 0.15) is 45.1 Å². The van der Waals surface area contributed by atoms with Crippen LogP contribution in [0.5, 0.6) is 5.75 Å². The fourth-order valence-electron chi connectivity index (χ4n) is 3.19. The molecule has 1 saturated carbocycles. The maximum atomic E-state index is 14.1. The van der Waals surface area contributed by atoms with E-state index in [1.54, 1.807) is 19.1 Å². The third-order valence-electron chi connectivity index (χ3n) is 4.51. The van der Waals surface area contributed by atoms with Crippen molar-refractivity contribution in [1.82, 2.24) is 0 Å². The molecule has 2 rings (SSSR count). The number of halogens is 1. The molecule has 1 N–H and O–H groups in total. The van der Waals surface area contributed by atoms with Gasteiger partial charge >= 0.3 is 0 Å². The number of hydrogen-bond acceptors (Lipinski definition) is 2. The molecular formula is C16H23FO2. The standard InChI is InChI=1S/C16H23FO2/c1-11-7-9-12(10-8-11)16(2,18)15-13(17)5-4-6-14(15)19-3/h4-6,11-12,18H,7-10H2,1-3H3. The van der Waals surface area contributed by atoms with Crippen LogP contribution in [0.25, 0.3) is 0 Å². The summed E-state index contributed by atoms with van der Waals surface area (Å²) >= 11 is 0. The minimum atomic E-state index is -1.17. The van der Waals surface area contributed by atoms with Crippen molar-refractivity contribution in [3.63, 3.8) is 0 Å².